The highest BCUT2D eigenvalue weighted by atomic mass is 16.6. The summed E-state index contributed by atoms with van der Waals surface area (Å²) in [6.45, 7) is 4.96. The quantitative estimate of drug-likeness (QED) is 0.643. The molecule has 0 saturated carbocycles. The highest BCUT2D eigenvalue weighted by Gasteiger charge is 2.32. The molecule has 1 amide bonds. The molecular weight excluding hydrogens is 158 g/mol. The van der Waals surface area contributed by atoms with E-state index in [9.17, 15) is 4.79 Å². The van der Waals surface area contributed by atoms with Crippen molar-refractivity contribution in [3.05, 3.63) is 0 Å². The molecule has 1 aliphatic heterocycles. The largest absolute Gasteiger partial charge is 0.450 e. The Morgan fingerprint density at radius 3 is 2.83 bits per heavy atom. The monoisotopic (exact) mass is 173 g/mol. The lowest BCUT2D eigenvalue weighted by molar-refractivity contribution is 0.145. The second-order valence-electron chi connectivity index (χ2n) is 2.75. The third-order valence-corrected chi connectivity index (χ3v) is 1.83. The Hall–Kier alpha value is -0.770. The van der Waals surface area contributed by atoms with E-state index in [2.05, 4.69) is 5.32 Å². The van der Waals surface area contributed by atoms with Gasteiger partial charge < -0.3 is 14.8 Å². The second kappa shape index (κ2) is 4.30. The first-order valence-corrected chi connectivity index (χ1v) is 4.32. The van der Waals surface area contributed by atoms with Gasteiger partial charge in [-0.1, -0.05) is 6.92 Å². The molecule has 0 spiro atoms. The van der Waals surface area contributed by atoms with E-state index >= 15 is 0 Å². The van der Waals surface area contributed by atoms with Gasteiger partial charge in [0.15, 0.2) is 0 Å². The molecule has 0 aromatic heterocycles. The highest BCUT2D eigenvalue weighted by molar-refractivity contribution is 5.67. The third kappa shape index (κ3) is 2.70. The van der Waals surface area contributed by atoms with Gasteiger partial charge >= 0.3 is 6.09 Å². The number of epoxide rings is 1. The molecule has 1 rings (SSSR count). The van der Waals surface area contributed by atoms with Crippen LogP contribution in [0.15, 0.2) is 0 Å². The van der Waals surface area contributed by atoms with E-state index in [0.29, 0.717) is 6.61 Å². The van der Waals surface area contributed by atoms with Crippen LogP contribution < -0.4 is 5.32 Å². The van der Waals surface area contributed by atoms with E-state index in [0.717, 1.165) is 13.0 Å². The molecule has 1 N–H and O–H groups in total. The molecule has 0 bridgehead atoms. The van der Waals surface area contributed by atoms with Crippen molar-refractivity contribution < 1.29 is 14.3 Å². The number of hydrogen-bond donors (Lipinski definition) is 1. The van der Waals surface area contributed by atoms with Crippen LogP contribution in [-0.4, -0.2) is 31.5 Å². The van der Waals surface area contributed by atoms with Crippen LogP contribution in [-0.2, 0) is 9.47 Å². The molecule has 1 heterocycles. The number of hydrogen-bond acceptors (Lipinski definition) is 3. The zero-order valence-electron chi connectivity index (χ0n) is 7.50. The molecule has 0 aromatic carbocycles. The van der Waals surface area contributed by atoms with Crippen LogP contribution in [0.4, 0.5) is 4.79 Å². The van der Waals surface area contributed by atoms with Crippen LogP contribution in [0.2, 0.25) is 0 Å². The Kier molecular flexibility index (Phi) is 3.34. The molecular formula is C8H15NO3. The van der Waals surface area contributed by atoms with E-state index in [1.165, 1.54) is 0 Å². The molecule has 0 aliphatic carbocycles. The number of nitrogens with one attached hydrogen (secondary N) is 1. The molecule has 0 radical (unpaired) electrons. The van der Waals surface area contributed by atoms with Gasteiger partial charge in [0.05, 0.1) is 19.3 Å². The number of alkyl carbamates (subject to hydrolysis) is 1. The Balaban J connectivity index is 2.21. The highest BCUT2D eigenvalue weighted by Crippen LogP contribution is 2.16. The maximum absolute atomic E-state index is 11.0. The Labute approximate surface area is 72.2 Å². The van der Waals surface area contributed by atoms with E-state index in [1.807, 2.05) is 6.92 Å². The van der Waals surface area contributed by atoms with Gasteiger partial charge in [0.2, 0.25) is 0 Å². The average Bonchev–Trinajstić information content (AvgIpc) is 2.83. The van der Waals surface area contributed by atoms with Crippen molar-refractivity contribution in [1.29, 1.82) is 0 Å². The van der Waals surface area contributed by atoms with E-state index in [1.54, 1.807) is 6.92 Å². The van der Waals surface area contributed by atoms with Crippen LogP contribution >= 0.6 is 0 Å². The first kappa shape index (κ1) is 9.32. The van der Waals surface area contributed by atoms with Gasteiger partial charge in [-0.3, -0.25) is 0 Å². The summed E-state index contributed by atoms with van der Waals surface area (Å²) < 4.78 is 9.82. The van der Waals surface area contributed by atoms with Gasteiger partial charge in [-0.15, -0.1) is 0 Å². The fraction of sp³-hybridized carbons (Fsp3) is 0.875. The average molecular weight is 173 g/mol. The molecule has 1 fully saturated rings. The maximum atomic E-state index is 11.0. The molecule has 2 unspecified atom stereocenters. The predicted molar refractivity (Wildman–Crippen MR) is 44.0 cm³/mol. The standard InChI is InChI=1S/C8H15NO3/c1-3-6(7-5-12-7)9-8(10)11-4-2/h6-7H,3-5H2,1-2H3,(H,9,10). The molecule has 1 aliphatic rings. The molecule has 2 atom stereocenters. The minimum absolute atomic E-state index is 0.115. The van der Waals surface area contributed by atoms with Gasteiger partial charge in [0.25, 0.3) is 0 Å². The summed E-state index contributed by atoms with van der Waals surface area (Å²) in [5.41, 5.74) is 0. The van der Waals surface area contributed by atoms with Gasteiger partial charge in [-0.05, 0) is 13.3 Å². The Morgan fingerprint density at radius 1 is 1.75 bits per heavy atom. The van der Waals surface area contributed by atoms with Crippen molar-refractivity contribution in [3.8, 4) is 0 Å². The van der Waals surface area contributed by atoms with Crippen molar-refractivity contribution in [2.24, 2.45) is 0 Å². The normalized spacial score (nSPS) is 23.0. The summed E-state index contributed by atoms with van der Waals surface area (Å²) in [7, 11) is 0. The first-order chi connectivity index (χ1) is 5.77. The van der Waals surface area contributed by atoms with Crippen LogP contribution in [0.25, 0.3) is 0 Å². The van der Waals surface area contributed by atoms with Gasteiger partial charge in [-0.2, -0.15) is 0 Å². The fourth-order valence-corrected chi connectivity index (χ4v) is 1.07. The smallest absolute Gasteiger partial charge is 0.407 e. The molecule has 0 aromatic rings. The summed E-state index contributed by atoms with van der Waals surface area (Å²) in [5.74, 6) is 0. The zero-order chi connectivity index (χ0) is 8.97. The minimum Gasteiger partial charge on any atom is -0.450 e. The third-order valence-electron chi connectivity index (χ3n) is 1.83. The van der Waals surface area contributed by atoms with Crippen molar-refractivity contribution in [1.82, 2.24) is 5.32 Å². The SMILES string of the molecule is CCOC(=O)NC(CC)C1CO1. The number of carbonyl (C=O) groups is 1. The lowest BCUT2D eigenvalue weighted by Crippen LogP contribution is -2.38. The minimum atomic E-state index is -0.347. The van der Waals surface area contributed by atoms with Crippen molar-refractivity contribution in [2.75, 3.05) is 13.2 Å². The number of carbonyl (C=O) groups excluding carboxylic acids is 1. The van der Waals surface area contributed by atoms with Crippen LogP contribution in [0, 0.1) is 0 Å². The van der Waals surface area contributed by atoms with E-state index < -0.39 is 0 Å². The second-order valence-corrected chi connectivity index (χ2v) is 2.75. The van der Waals surface area contributed by atoms with Crippen LogP contribution in [0.1, 0.15) is 20.3 Å². The summed E-state index contributed by atoms with van der Waals surface area (Å²) in [4.78, 5) is 11.0. The summed E-state index contributed by atoms with van der Waals surface area (Å²) >= 11 is 0. The van der Waals surface area contributed by atoms with Crippen molar-refractivity contribution >= 4 is 6.09 Å². The predicted octanol–water partition coefficient (Wildman–Crippen LogP) is 0.910. The Bertz CT molecular complexity index is 156. The summed E-state index contributed by atoms with van der Waals surface area (Å²) in [5, 5.41) is 2.74. The zero-order valence-corrected chi connectivity index (χ0v) is 7.50. The molecule has 70 valence electrons. The number of amides is 1. The molecule has 1 saturated heterocycles. The van der Waals surface area contributed by atoms with Crippen molar-refractivity contribution in [2.45, 2.75) is 32.4 Å². The molecule has 12 heavy (non-hydrogen) atoms. The lowest BCUT2D eigenvalue weighted by atomic mass is 10.2. The lowest BCUT2D eigenvalue weighted by Gasteiger charge is -2.13. The first-order valence-electron chi connectivity index (χ1n) is 4.32. The van der Waals surface area contributed by atoms with Gasteiger partial charge in [-0.25, -0.2) is 4.79 Å². The Morgan fingerprint density at radius 2 is 2.42 bits per heavy atom. The van der Waals surface area contributed by atoms with E-state index in [-0.39, 0.29) is 18.2 Å². The van der Waals surface area contributed by atoms with Crippen LogP contribution in [0.5, 0.6) is 0 Å². The molecule has 4 nitrogen and oxygen atoms in total. The van der Waals surface area contributed by atoms with Gasteiger partial charge in [0, 0.05) is 0 Å². The van der Waals surface area contributed by atoms with E-state index in [4.69, 9.17) is 9.47 Å². The summed E-state index contributed by atoms with van der Waals surface area (Å²) in [6.07, 6.45) is 0.739. The number of rotatable bonds is 4. The maximum Gasteiger partial charge on any atom is 0.407 e. The van der Waals surface area contributed by atoms with Gasteiger partial charge in [0.1, 0.15) is 6.10 Å². The van der Waals surface area contributed by atoms with Crippen LogP contribution in [0.3, 0.4) is 0 Å². The fourth-order valence-electron chi connectivity index (χ4n) is 1.07. The summed E-state index contributed by atoms with van der Waals surface area (Å²) in [6, 6.07) is 0.115. The topological polar surface area (TPSA) is 50.9 Å². The molecule has 4 heteroatoms. The number of ether oxygens (including phenoxy) is 2. The van der Waals surface area contributed by atoms with Crippen molar-refractivity contribution in [3.63, 3.8) is 0 Å².